The zero-order valence-electron chi connectivity index (χ0n) is 32.7. The maximum atomic E-state index is 16.0. The molecule has 1 aliphatic heterocycles. The van der Waals surface area contributed by atoms with Gasteiger partial charge in [-0.3, -0.25) is 4.79 Å². The Morgan fingerprint density at radius 3 is 1.78 bits per heavy atom. The molecule has 5 aromatic carbocycles. The number of carbonyl (C=O) groups excluding carboxylic acids is 2. The van der Waals surface area contributed by atoms with Crippen LogP contribution in [-0.2, 0) is 39.8 Å². The van der Waals surface area contributed by atoms with Crippen LogP contribution in [-0.4, -0.2) is 59.2 Å². The minimum absolute atomic E-state index is 0.103. The summed E-state index contributed by atoms with van der Waals surface area (Å²) in [5.41, 5.74) is 2.69. The van der Waals surface area contributed by atoms with Gasteiger partial charge in [-0.15, -0.1) is 10.1 Å². The molecule has 298 valence electrons. The second kappa shape index (κ2) is 16.7. The fourth-order valence-corrected chi connectivity index (χ4v) is 9.29. The fraction of sp³-hybridized carbons (Fsp3) is 0.200. The first-order valence-corrected chi connectivity index (χ1v) is 21.1. The predicted octanol–water partition coefficient (Wildman–Crippen LogP) is 7.55. The van der Waals surface area contributed by atoms with Crippen molar-refractivity contribution in [1.29, 1.82) is 0 Å². The van der Waals surface area contributed by atoms with Gasteiger partial charge in [0.05, 0.1) is 36.0 Å². The predicted molar refractivity (Wildman–Crippen MR) is 221 cm³/mol. The maximum absolute atomic E-state index is 16.0. The number of methoxy groups -OCH3 is 2. The van der Waals surface area contributed by atoms with Crippen LogP contribution in [0.4, 0.5) is 0 Å². The van der Waals surface area contributed by atoms with Crippen LogP contribution in [0.3, 0.4) is 0 Å². The molecule has 5 aromatic rings. The van der Waals surface area contributed by atoms with Crippen molar-refractivity contribution in [2.24, 2.45) is 4.40 Å². The number of amides is 1. The quantitative estimate of drug-likeness (QED) is 0.0708. The van der Waals surface area contributed by atoms with E-state index in [-0.39, 0.29) is 20.9 Å². The summed E-state index contributed by atoms with van der Waals surface area (Å²) < 4.78 is 80.5. The summed E-state index contributed by atoms with van der Waals surface area (Å²) >= 11 is 0. The summed E-state index contributed by atoms with van der Waals surface area (Å²) in [6, 6.07) is 32.9. The number of benzene rings is 5. The Morgan fingerprint density at radius 1 is 0.741 bits per heavy atom. The third kappa shape index (κ3) is 7.97. The molecule has 1 saturated heterocycles. The molecular formula is C45H42N2O9S2. The van der Waals surface area contributed by atoms with Gasteiger partial charge < -0.3 is 14.2 Å². The summed E-state index contributed by atoms with van der Waals surface area (Å²) in [4.78, 5) is 30.2. The van der Waals surface area contributed by atoms with Crippen LogP contribution in [0, 0.1) is 13.8 Å². The number of carbonyl (C=O) groups is 2. The fourth-order valence-electron chi connectivity index (χ4n) is 6.77. The van der Waals surface area contributed by atoms with E-state index < -0.39 is 60.8 Å². The standard InChI is InChI=1S/C45H42N2O9S2/c1-30(2)56-43(48)40(29-16-33-10-8-7-9-11-33)45(35-19-23-37(55-6)24-20-35)41(34-17-21-36(54-5)22-18-34)42(46-57(50,51)38-25-12-31(3)13-26-38)47(44(45)49)58(52,53)39-27-14-32(4)15-28-39/h7-28,30,41H,1-6H3/b46-42+/t29?,41-,45+/m1/s1. The number of rotatable bonds is 12. The first-order chi connectivity index (χ1) is 27.6. The molecule has 11 nitrogen and oxygen atoms in total. The van der Waals surface area contributed by atoms with Crippen molar-refractivity contribution in [3.63, 3.8) is 0 Å². The smallest absolute Gasteiger partial charge is 0.343 e. The number of sulfonamides is 2. The number of amidine groups is 1. The van der Waals surface area contributed by atoms with E-state index in [0.717, 1.165) is 11.1 Å². The van der Waals surface area contributed by atoms with E-state index in [2.05, 4.69) is 10.1 Å². The second-order valence-corrected chi connectivity index (χ2v) is 17.3. The second-order valence-electron chi connectivity index (χ2n) is 13.9. The molecule has 0 saturated carbocycles. The van der Waals surface area contributed by atoms with Crippen LogP contribution in [0.5, 0.6) is 11.5 Å². The monoisotopic (exact) mass is 818 g/mol. The summed E-state index contributed by atoms with van der Waals surface area (Å²) in [6.07, 6.45) is 0.782. The molecule has 58 heavy (non-hydrogen) atoms. The third-order valence-electron chi connectivity index (χ3n) is 9.63. The van der Waals surface area contributed by atoms with Gasteiger partial charge in [-0.2, -0.15) is 12.7 Å². The first-order valence-electron chi connectivity index (χ1n) is 18.2. The molecular weight excluding hydrogens is 777 g/mol. The van der Waals surface area contributed by atoms with Crippen LogP contribution in [0.15, 0.2) is 153 Å². The van der Waals surface area contributed by atoms with E-state index in [1.54, 1.807) is 119 Å². The van der Waals surface area contributed by atoms with Crippen LogP contribution in [0.2, 0.25) is 0 Å². The molecule has 0 aromatic heterocycles. The van der Waals surface area contributed by atoms with E-state index in [9.17, 15) is 13.2 Å². The molecule has 13 heteroatoms. The van der Waals surface area contributed by atoms with Gasteiger partial charge >= 0.3 is 5.97 Å². The number of nitrogens with zero attached hydrogens (tertiary/aromatic N) is 2. The minimum Gasteiger partial charge on any atom is -0.497 e. The Labute approximate surface area is 339 Å². The Balaban J connectivity index is 1.85. The summed E-state index contributed by atoms with van der Waals surface area (Å²) in [5, 5.41) is 0. The zero-order valence-corrected chi connectivity index (χ0v) is 34.4. The lowest BCUT2D eigenvalue weighted by Gasteiger charge is -2.34. The molecule has 1 amide bonds. The molecule has 0 unspecified atom stereocenters. The topological polar surface area (TPSA) is 146 Å². The number of hydrogen-bond donors (Lipinski definition) is 0. The zero-order chi connectivity index (χ0) is 41.8. The number of esters is 1. The average molecular weight is 819 g/mol. The van der Waals surface area contributed by atoms with Gasteiger partial charge in [0.15, 0.2) is 0 Å². The lowest BCUT2D eigenvalue weighted by Crippen LogP contribution is -2.46. The van der Waals surface area contributed by atoms with Crippen molar-refractivity contribution in [2.45, 2.75) is 54.9 Å². The van der Waals surface area contributed by atoms with Crippen LogP contribution < -0.4 is 9.47 Å². The Hall–Kier alpha value is -6.27. The van der Waals surface area contributed by atoms with Gasteiger partial charge in [0.1, 0.15) is 28.3 Å². The van der Waals surface area contributed by atoms with Gasteiger partial charge in [0, 0.05) is 0 Å². The highest BCUT2D eigenvalue weighted by molar-refractivity contribution is 7.91. The molecule has 0 bridgehead atoms. The number of hydrogen-bond acceptors (Lipinski definition) is 9. The molecule has 1 heterocycles. The Morgan fingerprint density at radius 2 is 1.26 bits per heavy atom. The molecule has 0 spiro atoms. The van der Waals surface area contributed by atoms with Gasteiger partial charge in [-0.05, 0) is 99.0 Å². The third-order valence-corrected chi connectivity index (χ3v) is 12.6. The molecule has 0 aliphatic carbocycles. The molecule has 1 fully saturated rings. The van der Waals surface area contributed by atoms with Crippen molar-refractivity contribution in [3.05, 3.63) is 167 Å². The number of aryl methyl sites for hydroxylation is 2. The van der Waals surface area contributed by atoms with Gasteiger partial charge in [-0.1, -0.05) is 90.0 Å². The lowest BCUT2D eigenvalue weighted by molar-refractivity contribution is -0.145. The summed E-state index contributed by atoms with van der Waals surface area (Å²) in [5.74, 6) is -3.69. The van der Waals surface area contributed by atoms with Gasteiger partial charge in [0.2, 0.25) is 0 Å². The Kier molecular flexibility index (Phi) is 11.9. The van der Waals surface area contributed by atoms with E-state index in [0.29, 0.717) is 21.4 Å². The van der Waals surface area contributed by atoms with Crippen molar-refractivity contribution < 1.29 is 40.6 Å². The van der Waals surface area contributed by atoms with Crippen molar-refractivity contribution in [3.8, 4) is 11.5 Å². The maximum Gasteiger partial charge on any atom is 0.343 e. The van der Waals surface area contributed by atoms with E-state index in [1.165, 1.54) is 56.7 Å². The molecule has 1 aliphatic rings. The van der Waals surface area contributed by atoms with Crippen LogP contribution >= 0.6 is 0 Å². The van der Waals surface area contributed by atoms with Crippen molar-refractivity contribution >= 4 is 43.8 Å². The molecule has 2 atom stereocenters. The van der Waals surface area contributed by atoms with Gasteiger partial charge in [-0.25, -0.2) is 13.2 Å². The van der Waals surface area contributed by atoms with Crippen LogP contribution in [0.25, 0.3) is 6.08 Å². The normalized spacial score (nSPS) is 17.5. The lowest BCUT2D eigenvalue weighted by atomic mass is 9.64. The van der Waals surface area contributed by atoms with E-state index >= 15 is 13.2 Å². The SMILES string of the molecule is COc1ccc([C@@H]2/C(=N\S(=O)(=O)c3ccc(C)cc3)N(S(=O)(=O)c3ccc(C)cc3)C(=O)[C@]2(C(=C=Cc2ccccc2)C(=O)OC(C)C)c2ccc(OC)cc2)cc1. The molecule has 0 N–H and O–H groups in total. The minimum atomic E-state index is -4.97. The van der Waals surface area contributed by atoms with Crippen molar-refractivity contribution in [1.82, 2.24) is 4.31 Å². The molecule has 6 rings (SSSR count). The largest absolute Gasteiger partial charge is 0.497 e. The highest BCUT2D eigenvalue weighted by atomic mass is 32.2. The Bertz CT molecular complexity index is 2630. The van der Waals surface area contributed by atoms with E-state index in [4.69, 9.17) is 14.2 Å². The number of ether oxygens (including phenoxy) is 3. The average Bonchev–Trinajstić information content (AvgIpc) is 3.46. The summed E-state index contributed by atoms with van der Waals surface area (Å²) in [6.45, 7) is 6.80. The molecule has 0 radical (unpaired) electrons. The van der Waals surface area contributed by atoms with E-state index in [1.807, 2.05) is 0 Å². The first kappa shape index (κ1) is 41.4. The highest BCUT2D eigenvalue weighted by Gasteiger charge is 2.66. The van der Waals surface area contributed by atoms with Crippen LogP contribution in [0.1, 0.15) is 47.6 Å². The van der Waals surface area contributed by atoms with Crippen molar-refractivity contribution in [2.75, 3.05) is 14.2 Å². The summed E-state index contributed by atoms with van der Waals surface area (Å²) in [7, 11) is -6.81. The highest BCUT2D eigenvalue weighted by Crippen LogP contribution is 2.54. The van der Waals surface area contributed by atoms with Gasteiger partial charge in [0.25, 0.3) is 26.0 Å².